The number of hydrogen-bond acceptors (Lipinski definition) is 2. The normalized spacial score (nSPS) is 11.2. The van der Waals surface area contributed by atoms with Crippen molar-refractivity contribution in [3.05, 3.63) is 69.2 Å². The summed E-state index contributed by atoms with van der Waals surface area (Å²) in [5, 5.41) is 12.6. The fraction of sp³-hybridized carbons (Fsp3) is 0.0588. The smallest absolute Gasteiger partial charge is 0.337 e. The minimum atomic E-state index is -1.11. The van der Waals surface area contributed by atoms with Crippen LogP contribution in [0.4, 0.5) is 5.69 Å². The summed E-state index contributed by atoms with van der Waals surface area (Å²) in [7, 11) is 0. The number of rotatable bonds is 4. The van der Waals surface area contributed by atoms with Crippen LogP contribution in [0.25, 0.3) is 6.08 Å². The van der Waals surface area contributed by atoms with Crippen LogP contribution in [-0.4, -0.2) is 17.0 Å². The van der Waals surface area contributed by atoms with Crippen molar-refractivity contribution in [3.8, 4) is 0 Å². The summed E-state index contributed by atoms with van der Waals surface area (Å²) < 4.78 is 0. The molecule has 4 nitrogen and oxygen atoms in total. The maximum atomic E-state index is 12.2. The first-order valence-electron chi connectivity index (χ1n) is 6.65. The van der Waals surface area contributed by atoms with E-state index >= 15 is 0 Å². The second kappa shape index (κ2) is 7.31. The highest BCUT2D eigenvalue weighted by Crippen LogP contribution is 2.23. The van der Waals surface area contributed by atoms with Crippen molar-refractivity contribution >= 4 is 46.8 Å². The molecule has 6 heteroatoms. The fourth-order valence-electron chi connectivity index (χ4n) is 1.92. The molecule has 0 aliphatic carbocycles. The standard InChI is InChI=1S/C17H13Cl2NO3/c1-10(8-11-6-7-12(18)9-14(11)19)16(21)20-15-5-3-2-4-13(15)17(22)23/h2-9H,1H3,(H,20,21)(H,22,23). The molecule has 0 saturated carbocycles. The third-order valence-corrected chi connectivity index (χ3v) is 3.66. The summed E-state index contributed by atoms with van der Waals surface area (Å²) in [4.78, 5) is 23.4. The minimum absolute atomic E-state index is 0.0261. The lowest BCUT2D eigenvalue weighted by Gasteiger charge is -2.09. The zero-order valence-electron chi connectivity index (χ0n) is 12.1. The summed E-state index contributed by atoms with van der Waals surface area (Å²) in [5.41, 5.74) is 1.29. The topological polar surface area (TPSA) is 66.4 Å². The summed E-state index contributed by atoms with van der Waals surface area (Å²) >= 11 is 11.9. The van der Waals surface area contributed by atoms with Gasteiger partial charge in [0.05, 0.1) is 11.3 Å². The molecular weight excluding hydrogens is 337 g/mol. The van der Waals surface area contributed by atoms with Crippen LogP contribution in [-0.2, 0) is 4.79 Å². The average molecular weight is 350 g/mol. The lowest BCUT2D eigenvalue weighted by Crippen LogP contribution is -2.15. The van der Waals surface area contributed by atoms with Crippen molar-refractivity contribution in [2.24, 2.45) is 0 Å². The van der Waals surface area contributed by atoms with E-state index in [1.807, 2.05) is 0 Å². The Labute approximate surface area is 143 Å². The molecule has 0 fully saturated rings. The third-order valence-electron chi connectivity index (χ3n) is 3.10. The largest absolute Gasteiger partial charge is 0.478 e. The van der Waals surface area contributed by atoms with Gasteiger partial charge in [0, 0.05) is 15.6 Å². The Hall–Kier alpha value is -2.30. The average Bonchev–Trinajstić information content (AvgIpc) is 2.50. The number of carboxylic acid groups (broad SMARTS) is 1. The van der Waals surface area contributed by atoms with Crippen LogP contribution in [0.2, 0.25) is 10.0 Å². The molecule has 0 spiro atoms. The molecular formula is C17H13Cl2NO3. The first-order chi connectivity index (χ1) is 10.9. The highest BCUT2D eigenvalue weighted by molar-refractivity contribution is 6.35. The molecule has 0 bridgehead atoms. The van der Waals surface area contributed by atoms with E-state index in [4.69, 9.17) is 28.3 Å². The van der Waals surface area contributed by atoms with E-state index in [1.165, 1.54) is 12.1 Å². The molecule has 0 atom stereocenters. The predicted octanol–water partition coefficient (Wildman–Crippen LogP) is 4.73. The molecule has 23 heavy (non-hydrogen) atoms. The van der Waals surface area contributed by atoms with Gasteiger partial charge >= 0.3 is 5.97 Å². The molecule has 2 rings (SSSR count). The number of nitrogens with one attached hydrogen (secondary N) is 1. The van der Waals surface area contributed by atoms with Crippen LogP contribution in [0, 0.1) is 0 Å². The highest BCUT2D eigenvalue weighted by Gasteiger charge is 2.13. The van der Waals surface area contributed by atoms with E-state index in [1.54, 1.807) is 43.3 Å². The van der Waals surface area contributed by atoms with Crippen LogP contribution < -0.4 is 5.32 Å². The number of carbonyl (C=O) groups is 2. The number of amides is 1. The van der Waals surface area contributed by atoms with E-state index in [-0.39, 0.29) is 11.3 Å². The second-order valence-corrected chi connectivity index (χ2v) is 5.64. The van der Waals surface area contributed by atoms with E-state index in [0.717, 1.165) is 0 Å². The number of halogens is 2. The molecule has 0 aromatic heterocycles. The molecule has 0 heterocycles. The number of anilines is 1. The third kappa shape index (κ3) is 4.34. The Kier molecular flexibility index (Phi) is 5.42. The van der Waals surface area contributed by atoms with Gasteiger partial charge in [0.1, 0.15) is 0 Å². The predicted molar refractivity (Wildman–Crippen MR) is 92.1 cm³/mol. The summed E-state index contributed by atoms with van der Waals surface area (Å²) in [6.45, 7) is 1.61. The number of benzene rings is 2. The van der Waals surface area contributed by atoms with Crippen molar-refractivity contribution in [3.63, 3.8) is 0 Å². The van der Waals surface area contributed by atoms with Crippen LogP contribution in [0.5, 0.6) is 0 Å². The van der Waals surface area contributed by atoms with E-state index in [2.05, 4.69) is 5.32 Å². The second-order valence-electron chi connectivity index (χ2n) is 4.80. The van der Waals surface area contributed by atoms with Crippen LogP contribution in [0.15, 0.2) is 48.0 Å². The van der Waals surface area contributed by atoms with E-state index < -0.39 is 11.9 Å². The Morgan fingerprint density at radius 2 is 1.83 bits per heavy atom. The SMILES string of the molecule is CC(=Cc1ccc(Cl)cc1Cl)C(=O)Nc1ccccc1C(=O)O. The van der Waals surface area contributed by atoms with E-state index in [0.29, 0.717) is 21.2 Å². The number of carbonyl (C=O) groups excluding carboxylic acids is 1. The van der Waals surface area contributed by atoms with Crippen LogP contribution in [0.3, 0.4) is 0 Å². The Morgan fingerprint density at radius 1 is 1.13 bits per heavy atom. The molecule has 2 N–H and O–H groups in total. The molecule has 0 saturated heterocycles. The molecule has 0 radical (unpaired) electrons. The quantitative estimate of drug-likeness (QED) is 0.783. The van der Waals surface area contributed by atoms with Crippen molar-refractivity contribution in [2.75, 3.05) is 5.32 Å². The Bertz CT molecular complexity index is 800. The molecule has 118 valence electrons. The van der Waals surface area contributed by atoms with Gasteiger partial charge in [-0.05, 0) is 42.8 Å². The van der Waals surface area contributed by atoms with Crippen molar-refractivity contribution < 1.29 is 14.7 Å². The lowest BCUT2D eigenvalue weighted by molar-refractivity contribution is -0.112. The number of aromatic carboxylic acids is 1. The van der Waals surface area contributed by atoms with Gasteiger partial charge < -0.3 is 10.4 Å². The summed E-state index contributed by atoms with van der Waals surface area (Å²) in [6.07, 6.45) is 1.61. The van der Waals surface area contributed by atoms with Crippen molar-refractivity contribution in [1.82, 2.24) is 0 Å². The monoisotopic (exact) mass is 349 g/mol. The van der Waals surface area contributed by atoms with Crippen LogP contribution in [0.1, 0.15) is 22.8 Å². The van der Waals surface area contributed by atoms with Crippen LogP contribution >= 0.6 is 23.2 Å². The summed E-state index contributed by atoms with van der Waals surface area (Å²) in [6, 6.07) is 11.2. The van der Waals surface area contributed by atoms with Gasteiger partial charge in [-0.15, -0.1) is 0 Å². The molecule has 2 aromatic rings. The minimum Gasteiger partial charge on any atom is -0.478 e. The van der Waals surface area contributed by atoms with Crippen molar-refractivity contribution in [1.29, 1.82) is 0 Å². The molecule has 0 unspecified atom stereocenters. The van der Waals surface area contributed by atoms with Gasteiger partial charge in [0.2, 0.25) is 0 Å². The number of hydrogen-bond donors (Lipinski definition) is 2. The molecule has 1 amide bonds. The number of para-hydroxylation sites is 1. The van der Waals surface area contributed by atoms with Gasteiger partial charge in [-0.25, -0.2) is 4.79 Å². The zero-order valence-corrected chi connectivity index (χ0v) is 13.7. The first kappa shape index (κ1) is 17.1. The maximum Gasteiger partial charge on any atom is 0.337 e. The van der Waals surface area contributed by atoms with Gasteiger partial charge in [-0.2, -0.15) is 0 Å². The fourth-order valence-corrected chi connectivity index (χ4v) is 2.38. The molecule has 2 aromatic carbocycles. The summed E-state index contributed by atoms with van der Waals surface area (Å²) in [5.74, 6) is -1.52. The Balaban J connectivity index is 2.24. The lowest BCUT2D eigenvalue weighted by atomic mass is 10.1. The maximum absolute atomic E-state index is 12.2. The van der Waals surface area contributed by atoms with Crippen molar-refractivity contribution in [2.45, 2.75) is 6.92 Å². The first-order valence-corrected chi connectivity index (χ1v) is 7.41. The zero-order chi connectivity index (χ0) is 17.0. The van der Waals surface area contributed by atoms with Gasteiger partial charge in [0.15, 0.2) is 0 Å². The van der Waals surface area contributed by atoms with Gasteiger partial charge in [0.25, 0.3) is 5.91 Å². The van der Waals surface area contributed by atoms with E-state index in [9.17, 15) is 9.59 Å². The van der Waals surface area contributed by atoms with Gasteiger partial charge in [-0.1, -0.05) is 41.4 Å². The Morgan fingerprint density at radius 3 is 2.48 bits per heavy atom. The molecule has 0 aliphatic rings. The number of carboxylic acids is 1. The highest BCUT2D eigenvalue weighted by atomic mass is 35.5. The molecule has 0 aliphatic heterocycles. The van der Waals surface area contributed by atoms with Gasteiger partial charge in [-0.3, -0.25) is 4.79 Å².